The maximum Gasteiger partial charge on any atom is 0.288 e. The zero-order valence-electron chi connectivity index (χ0n) is 5.85. The lowest BCUT2D eigenvalue weighted by Gasteiger charge is -1.93. The number of benzene rings is 1. The van der Waals surface area contributed by atoms with E-state index in [1.807, 2.05) is 0 Å². The van der Waals surface area contributed by atoms with Gasteiger partial charge in [-0.3, -0.25) is 10.1 Å². The molecule has 59 valence electrons. The molecule has 0 aliphatic carbocycles. The normalized spacial score (nSPS) is 8.92. The average molecular weight is 179 g/mol. The van der Waals surface area contributed by atoms with E-state index in [4.69, 9.17) is 5.26 Å². The third-order valence-electron chi connectivity index (χ3n) is 1.28. The summed E-state index contributed by atoms with van der Waals surface area (Å²) < 4.78 is 0. The monoisotopic (exact) mass is 179 g/mol. The lowest BCUT2D eigenvalue weighted by atomic mass is 10.2. The van der Waals surface area contributed by atoms with E-state index in [1.165, 1.54) is 18.2 Å². The van der Waals surface area contributed by atoms with Crippen molar-refractivity contribution < 1.29 is 4.92 Å². The van der Waals surface area contributed by atoms with Crippen LogP contribution in [0.25, 0.3) is 0 Å². The summed E-state index contributed by atoms with van der Waals surface area (Å²) in [6, 6.07) is 5.80. The molecule has 0 amide bonds. The first-order chi connectivity index (χ1) is 5.65. The summed E-state index contributed by atoms with van der Waals surface area (Å²) in [5.74, 6) is 0. The van der Waals surface area contributed by atoms with Crippen LogP contribution in [0.4, 0.5) is 5.69 Å². The van der Waals surface area contributed by atoms with Crippen molar-refractivity contribution in [2.75, 3.05) is 0 Å². The van der Waals surface area contributed by atoms with Gasteiger partial charge in [0, 0.05) is 6.07 Å². The smallest absolute Gasteiger partial charge is 0.258 e. The topological polar surface area (TPSA) is 66.9 Å². The minimum atomic E-state index is -0.594. The molecule has 0 aliphatic heterocycles. The van der Waals surface area contributed by atoms with E-state index < -0.39 is 4.92 Å². The molecular weight excluding hydrogens is 176 g/mol. The molecule has 0 aromatic heterocycles. The molecule has 0 saturated carbocycles. The number of nitro benzene ring substituents is 1. The predicted octanol–water partition coefficient (Wildman–Crippen LogP) is 2.02. The van der Waals surface area contributed by atoms with Crippen LogP contribution in [0.15, 0.2) is 23.1 Å². The number of nitrogens with zero attached hydrogens (tertiary/aromatic N) is 2. The predicted molar refractivity (Wildman–Crippen MR) is 43.7 cm³/mol. The maximum atomic E-state index is 10.3. The number of hydrogen-bond acceptors (Lipinski definition) is 3. The van der Waals surface area contributed by atoms with E-state index in [9.17, 15) is 10.1 Å². The van der Waals surface area contributed by atoms with Crippen LogP contribution in [0.3, 0.4) is 0 Å². The van der Waals surface area contributed by atoms with Crippen LogP contribution >= 0.6 is 12.6 Å². The Morgan fingerprint density at radius 2 is 2.25 bits per heavy atom. The number of nitriles is 1. The van der Waals surface area contributed by atoms with Gasteiger partial charge in [-0.25, -0.2) is 0 Å². The van der Waals surface area contributed by atoms with Crippen molar-refractivity contribution in [1.29, 1.82) is 5.26 Å². The SMILES string of the molecule is N#Cc1ccc([S])c([N+](=O)[O-])c1. The van der Waals surface area contributed by atoms with E-state index in [0.29, 0.717) is 0 Å². The summed E-state index contributed by atoms with van der Waals surface area (Å²) in [4.78, 5) is 9.88. The van der Waals surface area contributed by atoms with Crippen molar-refractivity contribution in [3.8, 4) is 6.07 Å². The molecule has 1 radical (unpaired) electrons. The van der Waals surface area contributed by atoms with Crippen LogP contribution in [-0.4, -0.2) is 4.92 Å². The van der Waals surface area contributed by atoms with Gasteiger partial charge in [0.05, 0.1) is 16.6 Å². The largest absolute Gasteiger partial charge is 0.288 e. The van der Waals surface area contributed by atoms with Crippen LogP contribution < -0.4 is 0 Å². The van der Waals surface area contributed by atoms with Crippen LogP contribution in [0.1, 0.15) is 5.56 Å². The summed E-state index contributed by atoms with van der Waals surface area (Å²) in [7, 11) is 0. The molecule has 1 aromatic carbocycles. The highest BCUT2D eigenvalue weighted by Crippen LogP contribution is 2.22. The first-order valence-corrected chi connectivity index (χ1v) is 3.41. The minimum absolute atomic E-state index is 0.152. The Kier molecular flexibility index (Phi) is 2.21. The Hall–Kier alpha value is -1.67. The van der Waals surface area contributed by atoms with Crippen LogP contribution in [0.2, 0.25) is 0 Å². The molecule has 1 aromatic rings. The summed E-state index contributed by atoms with van der Waals surface area (Å²) in [6.07, 6.45) is 0. The fourth-order valence-corrected chi connectivity index (χ4v) is 0.931. The van der Waals surface area contributed by atoms with Crippen molar-refractivity contribution in [3.05, 3.63) is 33.9 Å². The molecule has 0 atom stereocenters. The third kappa shape index (κ3) is 1.49. The Balaban J connectivity index is 3.28. The van der Waals surface area contributed by atoms with E-state index in [2.05, 4.69) is 12.6 Å². The fourth-order valence-electron chi connectivity index (χ4n) is 0.730. The maximum absolute atomic E-state index is 10.3. The van der Waals surface area contributed by atoms with E-state index in [0.717, 1.165) is 0 Å². The molecule has 5 heteroatoms. The molecule has 0 heterocycles. The first kappa shape index (κ1) is 8.43. The second kappa shape index (κ2) is 3.15. The van der Waals surface area contributed by atoms with Gasteiger partial charge >= 0.3 is 0 Å². The molecule has 0 fully saturated rings. The molecular formula is C7H3N2O2S. The van der Waals surface area contributed by atoms with Crippen LogP contribution in [0.5, 0.6) is 0 Å². The number of hydrogen-bond donors (Lipinski definition) is 0. The quantitative estimate of drug-likeness (QED) is 0.489. The van der Waals surface area contributed by atoms with Crippen molar-refractivity contribution in [1.82, 2.24) is 0 Å². The highest BCUT2D eigenvalue weighted by molar-refractivity contribution is 7.80. The Morgan fingerprint density at radius 3 is 2.75 bits per heavy atom. The molecule has 0 bridgehead atoms. The molecule has 4 nitrogen and oxygen atoms in total. The van der Waals surface area contributed by atoms with Crippen molar-refractivity contribution in [2.45, 2.75) is 4.90 Å². The fraction of sp³-hybridized carbons (Fsp3) is 0. The van der Waals surface area contributed by atoms with Gasteiger partial charge in [-0.1, -0.05) is 12.6 Å². The molecule has 0 unspecified atom stereocenters. The van der Waals surface area contributed by atoms with Gasteiger partial charge < -0.3 is 0 Å². The first-order valence-electron chi connectivity index (χ1n) is 3.00. The highest BCUT2D eigenvalue weighted by atomic mass is 32.1. The Labute approximate surface area is 74.0 Å². The van der Waals surface area contributed by atoms with Crippen LogP contribution in [-0.2, 0) is 0 Å². The lowest BCUT2D eigenvalue weighted by molar-refractivity contribution is -0.387. The third-order valence-corrected chi connectivity index (χ3v) is 1.63. The van der Waals surface area contributed by atoms with Crippen molar-refractivity contribution >= 4 is 18.3 Å². The lowest BCUT2D eigenvalue weighted by Crippen LogP contribution is -1.90. The van der Waals surface area contributed by atoms with Gasteiger partial charge in [-0.15, -0.1) is 0 Å². The average Bonchev–Trinajstić information content (AvgIpc) is 2.05. The van der Waals surface area contributed by atoms with Crippen molar-refractivity contribution in [2.24, 2.45) is 0 Å². The van der Waals surface area contributed by atoms with Gasteiger partial charge in [0.2, 0.25) is 0 Å². The van der Waals surface area contributed by atoms with Gasteiger partial charge in [-0.2, -0.15) is 5.26 Å². The zero-order chi connectivity index (χ0) is 9.14. The van der Waals surface area contributed by atoms with E-state index in [-0.39, 0.29) is 16.1 Å². The van der Waals surface area contributed by atoms with E-state index >= 15 is 0 Å². The number of nitro groups is 1. The van der Waals surface area contributed by atoms with Crippen LogP contribution in [0, 0.1) is 21.4 Å². The second-order valence-corrected chi connectivity index (χ2v) is 2.49. The number of rotatable bonds is 1. The van der Waals surface area contributed by atoms with Gasteiger partial charge in [0.25, 0.3) is 5.69 Å². The summed E-state index contributed by atoms with van der Waals surface area (Å²) in [6.45, 7) is 0. The highest BCUT2D eigenvalue weighted by Gasteiger charge is 2.11. The second-order valence-electron chi connectivity index (χ2n) is 2.05. The van der Waals surface area contributed by atoms with E-state index in [1.54, 1.807) is 6.07 Å². The summed E-state index contributed by atoms with van der Waals surface area (Å²) in [5.41, 5.74) is 0.0550. The van der Waals surface area contributed by atoms with Gasteiger partial charge in [0.15, 0.2) is 0 Å². The Morgan fingerprint density at radius 1 is 1.58 bits per heavy atom. The summed E-state index contributed by atoms with van der Waals surface area (Å²) in [5, 5.41) is 18.7. The van der Waals surface area contributed by atoms with Crippen molar-refractivity contribution in [3.63, 3.8) is 0 Å². The standard InChI is InChI=1S/C7H3N2O2S/c8-4-5-1-2-7(12)6(3-5)9(10)11/h1-3H. The molecule has 0 aliphatic rings. The minimum Gasteiger partial charge on any atom is -0.258 e. The molecule has 12 heavy (non-hydrogen) atoms. The Bertz CT molecular complexity index is 370. The van der Waals surface area contributed by atoms with Gasteiger partial charge in [-0.05, 0) is 12.1 Å². The molecule has 0 saturated heterocycles. The summed E-state index contributed by atoms with van der Waals surface area (Å²) >= 11 is 4.68. The molecule has 1 rings (SSSR count). The molecule has 0 N–H and O–H groups in total. The zero-order valence-corrected chi connectivity index (χ0v) is 6.67. The molecule has 0 spiro atoms. The van der Waals surface area contributed by atoms with Gasteiger partial charge in [0.1, 0.15) is 4.90 Å².